The molecule has 0 fully saturated rings. The predicted octanol–water partition coefficient (Wildman–Crippen LogP) is 6.99. The van der Waals surface area contributed by atoms with Gasteiger partial charge in [-0.15, -0.1) is 0 Å². The zero-order valence-corrected chi connectivity index (χ0v) is 25.8. The van der Waals surface area contributed by atoms with Crippen LogP contribution in [-0.2, 0) is 9.59 Å². The van der Waals surface area contributed by atoms with Crippen molar-refractivity contribution in [1.82, 2.24) is 4.90 Å². The number of carboxylic acids is 2. The summed E-state index contributed by atoms with van der Waals surface area (Å²) in [7, 11) is 0. The van der Waals surface area contributed by atoms with Crippen LogP contribution in [0.5, 0.6) is 0 Å². The largest absolute Gasteiger partial charge is 0.481 e. The van der Waals surface area contributed by atoms with Crippen molar-refractivity contribution in [2.45, 2.75) is 79.8 Å². The number of anilines is 2. The van der Waals surface area contributed by atoms with Gasteiger partial charge in [0.2, 0.25) is 0 Å². The standard InChI is InChI=1S/C33H41N3O6/c1-19-14-20(2)27(21(3)15-19)35-30(42)34-25-17-23-13-11-10-12-22(23)16-24(25)28(39)36(32(7,8)9)33(29(40)41,18-26(37)38)31(4,5)6/h10-17H,18H2,1-9H3,(H,37,38)(H,40,41)(H2,34,35,42)/t33-/m0/s1. The molecule has 42 heavy (non-hydrogen) atoms. The summed E-state index contributed by atoms with van der Waals surface area (Å²) in [5.41, 5.74) is -0.794. The molecule has 3 aromatic carbocycles. The van der Waals surface area contributed by atoms with E-state index in [0.29, 0.717) is 11.1 Å². The van der Waals surface area contributed by atoms with E-state index in [1.807, 2.05) is 57.2 Å². The van der Waals surface area contributed by atoms with Gasteiger partial charge in [-0.25, -0.2) is 9.59 Å². The van der Waals surface area contributed by atoms with E-state index in [1.54, 1.807) is 53.7 Å². The second-order valence-electron chi connectivity index (χ2n) is 12.9. The van der Waals surface area contributed by atoms with E-state index in [4.69, 9.17) is 0 Å². The molecular weight excluding hydrogens is 534 g/mol. The lowest BCUT2D eigenvalue weighted by molar-refractivity contribution is -0.169. The molecule has 0 bridgehead atoms. The van der Waals surface area contributed by atoms with Crippen LogP contribution in [0.4, 0.5) is 16.2 Å². The molecule has 9 heteroatoms. The predicted molar refractivity (Wildman–Crippen MR) is 165 cm³/mol. The fraction of sp³-hybridized carbons (Fsp3) is 0.394. The molecule has 0 aromatic heterocycles. The minimum atomic E-state index is -2.13. The maximum absolute atomic E-state index is 14.6. The average molecular weight is 576 g/mol. The molecule has 9 nitrogen and oxygen atoms in total. The second kappa shape index (κ2) is 11.5. The first-order valence-electron chi connectivity index (χ1n) is 13.8. The highest BCUT2D eigenvalue weighted by atomic mass is 16.4. The van der Waals surface area contributed by atoms with Gasteiger partial charge in [-0.2, -0.15) is 0 Å². The number of aliphatic carboxylic acids is 2. The van der Waals surface area contributed by atoms with Crippen molar-refractivity contribution in [2.24, 2.45) is 5.41 Å². The van der Waals surface area contributed by atoms with Crippen LogP contribution < -0.4 is 10.6 Å². The zero-order valence-electron chi connectivity index (χ0n) is 25.8. The number of aryl methyl sites for hydroxylation is 3. The van der Waals surface area contributed by atoms with Crippen molar-refractivity contribution in [3.63, 3.8) is 0 Å². The number of urea groups is 1. The summed E-state index contributed by atoms with van der Waals surface area (Å²) in [4.78, 5) is 54.3. The Bertz CT molecular complexity index is 1540. The highest BCUT2D eigenvalue weighted by Crippen LogP contribution is 2.44. The van der Waals surface area contributed by atoms with Crippen LogP contribution in [-0.4, -0.2) is 50.1 Å². The van der Waals surface area contributed by atoms with Gasteiger partial charge in [-0.05, 0) is 81.0 Å². The molecule has 0 radical (unpaired) electrons. The van der Waals surface area contributed by atoms with Crippen molar-refractivity contribution in [3.8, 4) is 0 Å². The van der Waals surface area contributed by atoms with Crippen LogP contribution in [0.3, 0.4) is 0 Å². The zero-order chi connectivity index (χ0) is 31.8. The number of rotatable bonds is 7. The van der Waals surface area contributed by atoms with E-state index in [0.717, 1.165) is 27.0 Å². The topological polar surface area (TPSA) is 136 Å². The number of benzene rings is 3. The summed E-state index contributed by atoms with van der Waals surface area (Å²) in [6.07, 6.45) is -0.822. The van der Waals surface area contributed by atoms with Crippen LogP contribution in [0, 0.1) is 26.2 Å². The summed E-state index contributed by atoms with van der Waals surface area (Å²) in [5.74, 6) is -3.50. The minimum Gasteiger partial charge on any atom is -0.481 e. The van der Waals surface area contributed by atoms with E-state index in [1.165, 1.54) is 0 Å². The molecule has 3 amide bonds. The summed E-state index contributed by atoms with van der Waals surface area (Å²) >= 11 is 0. The van der Waals surface area contributed by atoms with E-state index in [2.05, 4.69) is 10.6 Å². The highest BCUT2D eigenvalue weighted by molar-refractivity contribution is 6.11. The molecule has 0 unspecified atom stereocenters. The Morgan fingerprint density at radius 1 is 0.786 bits per heavy atom. The maximum atomic E-state index is 14.6. The number of fused-ring (bicyclic) bond motifs is 1. The molecule has 224 valence electrons. The minimum absolute atomic E-state index is 0.0383. The van der Waals surface area contributed by atoms with Crippen molar-refractivity contribution in [1.29, 1.82) is 0 Å². The first-order chi connectivity index (χ1) is 19.3. The normalized spacial score (nSPS) is 13.3. The van der Waals surface area contributed by atoms with E-state index >= 15 is 0 Å². The fourth-order valence-electron chi connectivity index (χ4n) is 5.73. The van der Waals surface area contributed by atoms with E-state index in [-0.39, 0.29) is 11.3 Å². The molecule has 0 aliphatic rings. The van der Waals surface area contributed by atoms with Crippen molar-refractivity contribution in [3.05, 3.63) is 70.8 Å². The Hall–Kier alpha value is -4.40. The van der Waals surface area contributed by atoms with Gasteiger partial charge in [0.15, 0.2) is 5.54 Å². The molecule has 0 saturated heterocycles. The molecular formula is C33H41N3O6. The quantitative estimate of drug-likeness (QED) is 0.240. The number of nitrogens with zero attached hydrogens (tertiary/aromatic N) is 1. The molecule has 0 spiro atoms. The SMILES string of the molecule is Cc1cc(C)c(NC(=O)Nc2cc3ccccc3cc2C(=O)N(C(C)(C)C)[C@@](CC(=O)O)(C(=O)O)C(C)(C)C)c(C)c1. The van der Waals surface area contributed by atoms with E-state index in [9.17, 15) is 29.4 Å². The van der Waals surface area contributed by atoms with Crippen molar-refractivity contribution < 1.29 is 29.4 Å². The van der Waals surface area contributed by atoms with Gasteiger partial charge >= 0.3 is 18.0 Å². The number of hydrogen-bond acceptors (Lipinski definition) is 4. The van der Waals surface area contributed by atoms with Gasteiger partial charge in [0.25, 0.3) is 5.91 Å². The lowest BCUT2D eigenvalue weighted by Crippen LogP contribution is -2.69. The molecule has 3 rings (SSSR count). The number of carbonyl (C=O) groups excluding carboxylic acids is 2. The Morgan fingerprint density at radius 3 is 1.76 bits per heavy atom. The average Bonchev–Trinajstić information content (AvgIpc) is 2.83. The first-order valence-corrected chi connectivity index (χ1v) is 13.8. The lowest BCUT2D eigenvalue weighted by Gasteiger charge is -2.53. The molecule has 0 saturated carbocycles. The monoisotopic (exact) mass is 575 g/mol. The fourth-order valence-corrected chi connectivity index (χ4v) is 5.73. The van der Waals surface area contributed by atoms with Gasteiger partial charge in [0, 0.05) is 11.2 Å². The summed E-state index contributed by atoms with van der Waals surface area (Å²) in [6.45, 7) is 15.6. The van der Waals surface area contributed by atoms with Crippen LogP contribution in [0.15, 0.2) is 48.5 Å². The van der Waals surface area contributed by atoms with Gasteiger partial charge < -0.3 is 25.7 Å². The Kier molecular flexibility index (Phi) is 8.77. The van der Waals surface area contributed by atoms with Crippen molar-refractivity contribution >= 4 is 46.0 Å². The Morgan fingerprint density at radius 2 is 1.31 bits per heavy atom. The summed E-state index contributed by atoms with van der Waals surface area (Å²) < 4.78 is 0. The highest BCUT2D eigenvalue weighted by Gasteiger charge is 2.59. The molecule has 1 atom stereocenters. The molecule has 0 aliphatic carbocycles. The van der Waals surface area contributed by atoms with Gasteiger partial charge in [-0.3, -0.25) is 9.59 Å². The van der Waals surface area contributed by atoms with Gasteiger partial charge in [0.1, 0.15) is 0 Å². The third-order valence-corrected chi connectivity index (χ3v) is 7.54. The first kappa shape index (κ1) is 32.1. The van der Waals surface area contributed by atoms with Gasteiger partial charge in [0.05, 0.1) is 17.7 Å². The molecule has 3 aromatic rings. The van der Waals surface area contributed by atoms with Gasteiger partial charge in [-0.1, -0.05) is 62.7 Å². The van der Waals surface area contributed by atoms with Crippen LogP contribution in [0.1, 0.15) is 75.0 Å². The number of amides is 3. The number of nitrogens with one attached hydrogen (secondary N) is 2. The smallest absolute Gasteiger partial charge is 0.330 e. The lowest BCUT2D eigenvalue weighted by atomic mass is 9.68. The van der Waals surface area contributed by atoms with E-state index < -0.39 is 46.8 Å². The summed E-state index contributed by atoms with van der Waals surface area (Å²) in [6, 6.07) is 13.9. The number of carboxylic acid groups (broad SMARTS) is 2. The Labute approximate surface area is 246 Å². The number of hydrogen-bond donors (Lipinski definition) is 4. The third-order valence-electron chi connectivity index (χ3n) is 7.54. The maximum Gasteiger partial charge on any atom is 0.330 e. The summed E-state index contributed by atoms with van der Waals surface area (Å²) in [5, 5.41) is 27.6. The molecule has 4 N–H and O–H groups in total. The second-order valence-corrected chi connectivity index (χ2v) is 12.9. The number of carbonyl (C=O) groups is 4. The third kappa shape index (κ3) is 6.25. The molecule has 0 heterocycles. The van der Waals surface area contributed by atoms with Crippen LogP contribution in [0.25, 0.3) is 10.8 Å². The van der Waals surface area contributed by atoms with Crippen LogP contribution in [0.2, 0.25) is 0 Å². The Balaban J connectivity index is 2.24. The van der Waals surface area contributed by atoms with Crippen LogP contribution >= 0.6 is 0 Å². The van der Waals surface area contributed by atoms with Crippen molar-refractivity contribution in [2.75, 3.05) is 10.6 Å². The molecule has 0 aliphatic heterocycles.